The number of pyridine rings is 2. The Balaban J connectivity index is 0.826. The van der Waals surface area contributed by atoms with E-state index < -0.39 is 0 Å². The van der Waals surface area contributed by atoms with E-state index in [4.69, 9.17) is 29.4 Å². The molecule has 3 aromatic heterocycles. The summed E-state index contributed by atoms with van der Waals surface area (Å²) < 4.78 is 11.3. The number of imidazole rings is 1. The van der Waals surface area contributed by atoms with Gasteiger partial charge in [-0.1, -0.05) is 84.9 Å². The molecule has 3 aliphatic rings. The number of aliphatic imine (C=N–C) groups is 1. The number of hydrogen-bond acceptors (Lipinski definition) is 8. The van der Waals surface area contributed by atoms with E-state index in [9.17, 15) is 9.59 Å². The molecule has 0 radical (unpaired) electrons. The smallest absolute Gasteiger partial charge is 0.410 e. The minimum absolute atomic E-state index is 0.0826. The van der Waals surface area contributed by atoms with Gasteiger partial charge in [-0.25, -0.2) is 19.6 Å². The standard InChI is InChI=1S/C47H41N7O4/c55-46(57-28-30-9-3-1-4-10-30)53-19-7-13-42(53)40-25-38-39(50-40)23-36(26-48-38)34-17-15-33-22-35(18-16-32(33)21-34)37-24-41-44(49-27-37)52-45(51-41)43-14-8-20-54(43)47(56)58-29-31-11-5-2-6-12-31/h1-6,9-12,15-18,21-24,26-27,42-43H,7-8,13-14,19-20,25,28-29H2,(H,49,51,52)/t42-,43-/m0/s1. The summed E-state index contributed by atoms with van der Waals surface area (Å²) in [6, 6.07) is 36.3. The molecule has 0 bridgehead atoms. The second kappa shape index (κ2) is 15.2. The molecule has 58 heavy (non-hydrogen) atoms. The van der Waals surface area contributed by atoms with Crippen LogP contribution in [0.1, 0.15) is 54.4 Å². The van der Waals surface area contributed by atoms with Gasteiger partial charge in [0, 0.05) is 48.7 Å². The van der Waals surface area contributed by atoms with Gasteiger partial charge in [-0.15, -0.1) is 0 Å². The number of benzene rings is 4. The largest absolute Gasteiger partial charge is 0.445 e. The second-order valence-corrected chi connectivity index (χ2v) is 15.2. The third kappa shape index (κ3) is 7.04. The van der Waals surface area contributed by atoms with Crippen LogP contribution < -0.4 is 0 Å². The van der Waals surface area contributed by atoms with Crippen LogP contribution in [-0.2, 0) is 29.1 Å². The van der Waals surface area contributed by atoms with Crippen LogP contribution >= 0.6 is 0 Å². The molecule has 7 aromatic rings. The molecule has 0 saturated carbocycles. The zero-order valence-corrected chi connectivity index (χ0v) is 31.9. The lowest BCUT2D eigenvalue weighted by Crippen LogP contribution is -2.40. The summed E-state index contributed by atoms with van der Waals surface area (Å²) >= 11 is 0. The molecular formula is C47H41N7O4. The van der Waals surface area contributed by atoms with Gasteiger partial charge < -0.3 is 14.5 Å². The van der Waals surface area contributed by atoms with E-state index in [1.54, 1.807) is 4.90 Å². The van der Waals surface area contributed by atoms with Crippen molar-refractivity contribution in [1.82, 2.24) is 29.7 Å². The summed E-state index contributed by atoms with van der Waals surface area (Å²) in [5.74, 6) is 0.725. The Hall–Kier alpha value is -6.88. The molecule has 2 saturated heterocycles. The van der Waals surface area contributed by atoms with Gasteiger partial charge in [0.05, 0.1) is 29.0 Å². The van der Waals surface area contributed by atoms with Crippen molar-refractivity contribution in [1.29, 1.82) is 0 Å². The van der Waals surface area contributed by atoms with Crippen LogP contribution in [-0.4, -0.2) is 66.8 Å². The maximum Gasteiger partial charge on any atom is 0.410 e. The molecular weight excluding hydrogens is 727 g/mol. The number of H-pyrrole nitrogens is 1. The van der Waals surface area contributed by atoms with E-state index in [-0.39, 0.29) is 37.5 Å². The Morgan fingerprint density at radius 1 is 0.655 bits per heavy atom. The molecule has 2 fully saturated rings. The highest BCUT2D eigenvalue weighted by atomic mass is 16.6. The highest BCUT2D eigenvalue weighted by Gasteiger charge is 2.36. The van der Waals surface area contributed by atoms with Gasteiger partial charge in [-0.05, 0) is 83.0 Å². The lowest BCUT2D eigenvalue weighted by molar-refractivity contribution is 0.0909. The molecule has 2 amide bonds. The summed E-state index contributed by atoms with van der Waals surface area (Å²) in [7, 11) is 0. The fourth-order valence-electron chi connectivity index (χ4n) is 8.48. The van der Waals surface area contributed by atoms with Crippen molar-refractivity contribution < 1.29 is 19.1 Å². The van der Waals surface area contributed by atoms with Crippen molar-refractivity contribution >= 4 is 45.5 Å². The highest BCUT2D eigenvalue weighted by molar-refractivity contribution is 6.00. The van der Waals surface area contributed by atoms with Gasteiger partial charge in [-0.3, -0.25) is 19.8 Å². The molecule has 2 atom stereocenters. The zero-order valence-electron chi connectivity index (χ0n) is 31.9. The third-order valence-electron chi connectivity index (χ3n) is 11.5. The number of carbonyl (C=O) groups is 2. The molecule has 10 rings (SSSR count). The number of hydrogen-bond donors (Lipinski definition) is 1. The molecule has 3 aliphatic heterocycles. The number of nitrogens with one attached hydrogen (secondary N) is 1. The van der Waals surface area contributed by atoms with E-state index >= 15 is 0 Å². The summed E-state index contributed by atoms with van der Waals surface area (Å²) in [5, 5.41) is 2.22. The molecule has 288 valence electrons. The van der Waals surface area contributed by atoms with Crippen molar-refractivity contribution in [3.8, 4) is 22.3 Å². The maximum absolute atomic E-state index is 13.1. The molecule has 0 aliphatic carbocycles. The Morgan fingerprint density at radius 2 is 1.24 bits per heavy atom. The van der Waals surface area contributed by atoms with E-state index in [2.05, 4.69) is 53.5 Å². The number of aromatic amines is 1. The van der Waals surface area contributed by atoms with Gasteiger partial charge in [0.2, 0.25) is 0 Å². The topological polar surface area (TPSA) is 126 Å². The molecule has 4 aromatic carbocycles. The predicted octanol–water partition coefficient (Wildman–Crippen LogP) is 9.74. The Bertz CT molecular complexity index is 2700. The van der Waals surface area contributed by atoms with E-state index in [0.717, 1.165) is 98.3 Å². The number of amides is 2. The van der Waals surface area contributed by atoms with Gasteiger partial charge in [0.25, 0.3) is 0 Å². The zero-order chi connectivity index (χ0) is 39.0. The Labute approximate surface area is 335 Å². The quantitative estimate of drug-likeness (QED) is 0.163. The minimum Gasteiger partial charge on any atom is -0.445 e. The average molecular weight is 768 g/mol. The normalized spacial score (nSPS) is 17.5. The van der Waals surface area contributed by atoms with E-state index in [0.29, 0.717) is 25.2 Å². The van der Waals surface area contributed by atoms with Crippen molar-refractivity contribution in [3.05, 3.63) is 144 Å². The van der Waals surface area contributed by atoms with Gasteiger partial charge in [-0.2, -0.15) is 0 Å². The van der Waals surface area contributed by atoms with E-state index in [1.165, 1.54) is 0 Å². The van der Waals surface area contributed by atoms with Crippen molar-refractivity contribution in [2.45, 2.75) is 57.4 Å². The van der Waals surface area contributed by atoms with Crippen molar-refractivity contribution in [2.24, 2.45) is 4.99 Å². The predicted molar refractivity (Wildman–Crippen MR) is 223 cm³/mol. The molecule has 0 unspecified atom stereocenters. The summed E-state index contributed by atoms with van der Waals surface area (Å²) in [6.07, 6.45) is 7.26. The summed E-state index contributed by atoms with van der Waals surface area (Å²) in [4.78, 5) is 52.6. The number of carbonyl (C=O) groups excluding carboxylic acids is 2. The molecule has 0 spiro atoms. The van der Waals surface area contributed by atoms with Crippen LogP contribution in [0.4, 0.5) is 15.3 Å². The lowest BCUT2D eigenvalue weighted by atomic mass is 9.98. The number of ether oxygens (including phenoxy) is 2. The van der Waals surface area contributed by atoms with Crippen LogP contribution in [0, 0.1) is 0 Å². The average Bonchev–Trinajstić information content (AvgIpc) is 4.10. The Morgan fingerprint density at radius 3 is 1.90 bits per heavy atom. The Kier molecular flexibility index (Phi) is 9.33. The molecule has 6 heterocycles. The number of aromatic nitrogens is 4. The monoisotopic (exact) mass is 767 g/mol. The summed E-state index contributed by atoms with van der Waals surface area (Å²) in [5.41, 5.74) is 10.2. The van der Waals surface area contributed by atoms with Crippen molar-refractivity contribution in [3.63, 3.8) is 0 Å². The fourth-order valence-corrected chi connectivity index (χ4v) is 8.48. The van der Waals surface area contributed by atoms with Crippen LogP contribution in [0.2, 0.25) is 0 Å². The van der Waals surface area contributed by atoms with Crippen molar-refractivity contribution in [2.75, 3.05) is 13.1 Å². The molecule has 11 nitrogen and oxygen atoms in total. The van der Waals surface area contributed by atoms with Gasteiger partial charge in [0.15, 0.2) is 5.65 Å². The minimum atomic E-state index is -0.332. The first-order valence-corrected chi connectivity index (χ1v) is 19.9. The van der Waals surface area contributed by atoms with Crippen LogP contribution in [0.3, 0.4) is 0 Å². The second-order valence-electron chi connectivity index (χ2n) is 15.2. The first kappa shape index (κ1) is 35.5. The number of nitrogens with zero attached hydrogens (tertiary/aromatic N) is 6. The fraction of sp³-hybridized carbons (Fsp3) is 0.234. The van der Waals surface area contributed by atoms with Gasteiger partial charge >= 0.3 is 12.2 Å². The van der Waals surface area contributed by atoms with Gasteiger partial charge in [0.1, 0.15) is 19.0 Å². The third-order valence-corrected chi connectivity index (χ3v) is 11.5. The SMILES string of the molecule is O=C(OCc1ccccc1)N1CCC[C@H]1C1=Nc2cc(-c3ccc4cc(-c5cnc6nc([C@@H]7CCCN7C(=O)OCc7ccccc7)[nH]c6c5)ccc4c3)cnc2C1. The van der Waals surface area contributed by atoms with E-state index in [1.807, 2.05) is 78.0 Å². The highest BCUT2D eigenvalue weighted by Crippen LogP contribution is 2.36. The first-order valence-electron chi connectivity index (χ1n) is 19.9. The van der Waals surface area contributed by atoms with Crippen LogP contribution in [0.25, 0.3) is 44.2 Å². The molecule has 11 heteroatoms. The van der Waals surface area contributed by atoms with Crippen LogP contribution in [0.15, 0.2) is 127 Å². The summed E-state index contributed by atoms with van der Waals surface area (Å²) in [6.45, 7) is 1.78. The lowest BCUT2D eigenvalue weighted by Gasteiger charge is -2.24. The number of likely N-dealkylation sites (tertiary alicyclic amines) is 2. The number of fused-ring (bicyclic) bond motifs is 3. The molecule has 1 N–H and O–H groups in total. The maximum atomic E-state index is 13.1. The van der Waals surface area contributed by atoms with Crippen LogP contribution in [0.5, 0.6) is 0 Å². The number of rotatable bonds is 8. The first-order chi connectivity index (χ1) is 28.5.